The van der Waals surface area contributed by atoms with Crippen molar-refractivity contribution in [1.29, 1.82) is 0 Å². The molecule has 1 heterocycles. The van der Waals surface area contributed by atoms with Crippen LogP contribution in [-0.4, -0.2) is 46.3 Å². The highest BCUT2D eigenvalue weighted by molar-refractivity contribution is 7.89. The first-order valence-corrected chi connectivity index (χ1v) is 8.02. The van der Waals surface area contributed by atoms with Crippen LogP contribution in [0.3, 0.4) is 0 Å². The standard InChI is InChI=1S/C11H23N3O3S/c1-9(11(15)12-2)14-18(16,17)8-5-10-3-6-13-7-4-10/h9-10,13-14H,3-8H2,1-2H3,(H,12,15). The molecule has 0 aromatic carbocycles. The first-order valence-electron chi connectivity index (χ1n) is 6.37. The molecule has 0 bridgehead atoms. The Bertz CT molecular complexity index is 364. The number of hydrogen-bond acceptors (Lipinski definition) is 4. The van der Waals surface area contributed by atoms with Gasteiger partial charge in [-0.1, -0.05) is 0 Å². The van der Waals surface area contributed by atoms with E-state index in [2.05, 4.69) is 15.4 Å². The lowest BCUT2D eigenvalue weighted by Gasteiger charge is -2.22. The normalized spacial score (nSPS) is 19.4. The van der Waals surface area contributed by atoms with Crippen LogP contribution < -0.4 is 15.4 Å². The van der Waals surface area contributed by atoms with Crippen molar-refractivity contribution in [3.8, 4) is 0 Å². The Balaban J connectivity index is 2.37. The van der Waals surface area contributed by atoms with Crippen molar-refractivity contribution in [2.75, 3.05) is 25.9 Å². The van der Waals surface area contributed by atoms with Crippen molar-refractivity contribution in [3.63, 3.8) is 0 Å². The van der Waals surface area contributed by atoms with Crippen molar-refractivity contribution < 1.29 is 13.2 Å². The van der Waals surface area contributed by atoms with Gasteiger partial charge < -0.3 is 10.6 Å². The maximum absolute atomic E-state index is 11.8. The lowest BCUT2D eigenvalue weighted by atomic mass is 9.96. The maximum Gasteiger partial charge on any atom is 0.237 e. The van der Waals surface area contributed by atoms with E-state index < -0.39 is 16.1 Å². The van der Waals surface area contributed by atoms with E-state index in [4.69, 9.17) is 0 Å². The second-order valence-electron chi connectivity index (χ2n) is 4.75. The minimum atomic E-state index is -3.37. The van der Waals surface area contributed by atoms with E-state index in [-0.39, 0.29) is 11.7 Å². The fourth-order valence-electron chi connectivity index (χ4n) is 2.09. The molecule has 0 aromatic heterocycles. The van der Waals surface area contributed by atoms with Crippen molar-refractivity contribution in [3.05, 3.63) is 0 Å². The highest BCUT2D eigenvalue weighted by atomic mass is 32.2. The van der Waals surface area contributed by atoms with Gasteiger partial charge in [0.1, 0.15) is 0 Å². The Labute approximate surface area is 109 Å². The van der Waals surface area contributed by atoms with E-state index in [9.17, 15) is 13.2 Å². The Kier molecular flexibility index (Phi) is 6.04. The lowest BCUT2D eigenvalue weighted by molar-refractivity contribution is -0.121. The lowest BCUT2D eigenvalue weighted by Crippen LogP contribution is -2.44. The molecule has 1 unspecified atom stereocenters. The van der Waals surface area contributed by atoms with Crippen LogP contribution in [0.5, 0.6) is 0 Å². The molecular formula is C11H23N3O3S. The summed E-state index contributed by atoms with van der Waals surface area (Å²) in [5.41, 5.74) is 0. The van der Waals surface area contributed by atoms with Crippen LogP contribution in [0.4, 0.5) is 0 Å². The fraction of sp³-hybridized carbons (Fsp3) is 0.909. The predicted octanol–water partition coefficient (Wildman–Crippen LogP) is -0.570. The Morgan fingerprint density at radius 2 is 2.00 bits per heavy atom. The first-order chi connectivity index (χ1) is 8.44. The van der Waals surface area contributed by atoms with Gasteiger partial charge in [0.25, 0.3) is 0 Å². The number of hydrogen-bond donors (Lipinski definition) is 3. The Morgan fingerprint density at radius 1 is 1.39 bits per heavy atom. The van der Waals surface area contributed by atoms with Crippen molar-refractivity contribution in [2.45, 2.75) is 32.2 Å². The quantitative estimate of drug-likeness (QED) is 0.607. The van der Waals surface area contributed by atoms with Crippen molar-refractivity contribution in [1.82, 2.24) is 15.4 Å². The minimum Gasteiger partial charge on any atom is -0.358 e. The molecule has 0 spiro atoms. The number of carbonyl (C=O) groups is 1. The van der Waals surface area contributed by atoms with Gasteiger partial charge in [-0.15, -0.1) is 0 Å². The topological polar surface area (TPSA) is 87.3 Å². The fourth-order valence-corrected chi connectivity index (χ4v) is 3.50. The molecule has 0 aromatic rings. The molecule has 1 rings (SSSR count). The zero-order valence-corrected chi connectivity index (χ0v) is 11.8. The summed E-state index contributed by atoms with van der Waals surface area (Å²) in [4.78, 5) is 11.2. The van der Waals surface area contributed by atoms with Crippen LogP contribution in [0.2, 0.25) is 0 Å². The smallest absolute Gasteiger partial charge is 0.237 e. The molecule has 0 saturated carbocycles. The van der Waals surface area contributed by atoms with Gasteiger partial charge in [-0.25, -0.2) is 13.1 Å². The van der Waals surface area contributed by atoms with E-state index >= 15 is 0 Å². The number of sulfonamides is 1. The summed E-state index contributed by atoms with van der Waals surface area (Å²) in [6, 6.07) is -0.715. The van der Waals surface area contributed by atoms with Crippen LogP contribution in [0.1, 0.15) is 26.2 Å². The SMILES string of the molecule is CNC(=O)C(C)NS(=O)(=O)CCC1CCNCC1. The van der Waals surface area contributed by atoms with E-state index in [0.29, 0.717) is 12.3 Å². The highest BCUT2D eigenvalue weighted by Crippen LogP contribution is 2.16. The van der Waals surface area contributed by atoms with Gasteiger partial charge in [-0.05, 0) is 45.2 Å². The van der Waals surface area contributed by atoms with Gasteiger partial charge in [0.05, 0.1) is 11.8 Å². The Hall–Kier alpha value is -0.660. The molecule has 106 valence electrons. The third kappa shape index (κ3) is 5.32. The zero-order valence-electron chi connectivity index (χ0n) is 11.0. The van der Waals surface area contributed by atoms with Crippen LogP contribution in [0.25, 0.3) is 0 Å². The van der Waals surface area contributed by atoms with E-state index in [1.165, 1.54) is 7.05 Å². The Morgan fingerprint density at radius 3 is 2.56 bits per heavy atom. The van der Waals surface area contributed by atoms with E-state index in [1.54, 1.807) is 6.92 Å². The minimum absolute atomic E-state index is 0.0962. The average molecular weight is 277 g/mol. The monoisotopic (exact) mass is 277 g/mol. The largest absolute Gasteiger partial charge is 0.358 e. The number of rotatable bonds is 6. The second kappa shape index (κ2) is 7.06. The molecule has 0 aliphatic carbocycles. The molecule has 1 aliphatic heterocycles. The number of piperidine rings is 1. The van der Waals surface area contributed by atoms with Gasteiger partial charge in [0.2, 0.25) is 15.9 Å². The first kappa shape index (κ1) is 15.4. The average Bonchev–Trinajstić information content (AvgIpc) is 2.36. The van der Waals surface area contributed by atoms with E-state index in [1.807, 2.05) is 0 Å². The molecule has 18 heavy (non-hydrogen) atoms. The van der Waals surface area contributed by atoms with Gasteiger partial charge in [0, 0.05) is 7.05 Å². The van der Waals surface area contributed by atoms with Gasteiger partial charge in [0.15, 0.2) is 0 Å². The molecule has 1 fully saturated rings. The van der Waals surface area contributed by atoms with Crippen molar-refractivity contribution in [2.24, 2.45) is 5.92 Å². The second-order valence-corrected chi connectivity index (χ2v) is 6.63. The summed E-state index contributed by atoms with van der Waals surface area (Å²) in [5, 5.41) is 5.67. The summed E-state index contributed by atoms with van der Waals surface area (Å²) in [6.07, 6.45) is 2.72. The number of carbonyl (C=O) groups excluding carboxylic acids is 1. The van der Waals surface area contributed by atoms with Crippen LogP contribution in [-0.2, 0) is 14.8 Å². The van der Waals surface area contributed by atoms with Gasteiger partial charge >= 0.3 is 0 Å². The van der Waals surface area contributed by atoms with Crippen LogP contribution in [0.15, 0.2) is 0 Å². The van der Waals surface area contributed by atoms with Gasteiger partial charge in [-0.2, -0.15) is 0 Å². The van der Waals surface area contributed by atoms with Crippen molar-refractivity contribution >= 4 is 15.9 Å². The summed E-state index contributed by atoms with van der Waals surface area (Å²) in [5.74, 6) is 0.248. The van der Waals surface area contributed by atoms with Crippen LogP contribution >= 0.6 is 0 Å². The molecule has 0 radical (unpaired) electrons. The highest BCUT2D eigenvalue weighted by Gasteiger charge is 2.21. The number of likely N-dealkylation sites (N-methyl/N-ethyl adjacent to an activating group) is 1. The molecular weight excluding hydrogens is 254 g/mol. The number of nitrogens with one attached hydrogen (secondary N) is 3. The molecule has 1 atom stereocenters. The molecule has 3 N–H and O–H groups in total. The third-order valence-corrected chi connectivity index (χ3v) is 4.74. The maximum atomic E-state index is 11.8. The summed E-state index contributed by atoms with van der Waals surface area (Å²) in [7, 11) is -1.88. The molecule has 1 saturated heterocycles. The predicted molar refractivity (Wildman–Crippen MR) is 70.7 cm³/mol. The molecule has 1 amide bonds. The summed E-state index contributed by atoms with van der Waals surface area (Å²) < 4.78 is 26.0. The van der Waals surface area contributed by atoms with E-state index in [0.717, 1.165) is 25.9 Å². The van der Waals surface area contributed by atoms with Gasteiger partial charge in [-0.3, -0.25) is 4.79 Å². The molecule has 7 heteroatoms. The zero-order chi connectivity index (χ0) is 13.6. The number of amides is 1. The summed E-state index contributed by atoms with van der Waals surface area (Å²) >= 11 is 0. The molecule has 1 aliphatic rings. The molecule has 6 nitrogen and oxygen atoms in total. The van der Waals surface area contributed by atoms with Crippen LogP contribution in [0, 0.1) is 5.92 Å². The summed E-state index contributed by atoms with van der Waals surface area (Å²) in [6.45, 7) is 3.47. The third-order valence-electron chi connectivity index (χ3n) is 3.25.